The van der Waals surface area contributed by atoms with Crippen molar-refractivity contribution in [3.63, 3.8) is 0 Å². The molecule has 0 aliphatic carbocycles. The Kier molecular flexibility index (Phi) is 5.11. The number of halogens is 2. The summed E-state index contributed by atoms with van der Waals surface area (Å²) in [5.74, 6) is -2.09. The Hall–Kier alpha value is -2.41. The molecule has 2 aromatic carbocycles. The van der Waals surface area contributed by atoms with E-state index in [1.807, 2.05) is 6.07 Å². The Morgan fingerprint density at radius 3 is 2.55 bits per heavy atom. The highest BCUT2D eigenvalue weighted by atomic mass is 79.9. The van der Waals surface area contributed by atoms with E-state index in [0.29, 0.717) is 0 Å². The van der Waals surface area contributed by atoms with Gasteiger partial charge in [-0.3, -0.25) is 5.32 Å². The highest BCUT2D eigenvalue weighted by Crippen LogP contribution is 2.28. The summed E-state index contributed by atoms with van der Waals surface area (Å²) in [5.41, 5.74) is 0.352. The Morgan fingerprint density at radius 2 is 1.91 bits per heavy atom. The van der Waals surface area contributed by atoms with E-state index >= 15 is 0 Å². The van der Waals surface area contributed by atoms with E-state index in [0.717, 1.165) is 17.7 Å². The smallest absolute Gasteiger partial charge is 0.412 e. The van der Waals surface area contributed by atoms with E-state index in [9.17, 15) is 14.0 Å². The zero-order chi connectivity index (χ0) is 16.1. The maximum absolute atomic E-state index is 13.2. The fourth-order valence-corrected chi connectivity index (χ4v) is 2.26. The van der Waals surface area contributed by atoms with Crippen molar-refractivity contribution in [2.75, 3.05) is 5.32 Å². The SMILES string of the molecule is O=C(Nc1c(Br)cc(F)cc1C(=O)O)OCc1ccccc1. The van der Waals surface area contributed by atoms with E-state index in [4.69, 9.17) is 9.84 Å². The molecule has 0 aliphatic rings. The van der Waals surface area contributed by atoms with Gasteiger partial charge in [-0.15, -0.1) is 0 Å². The molecule has 114 valence electrons. The van der Waals surface area contributed by atoms with Crippen LogP contribution in [0.5, 0.6) is 0 Å². The number of anilines is 1. The summed E-state index contributed by atoms with van der Waals surface area (Å²) in [6, 6.07) is 10.9. The van der Waals surface area contributed by atoms with Crippen LogP contribution in [0.2, 0.25) is 0 Å². The third kappa shape index (κ3) is 4.05. The van der Waals surface area contributed by atoms with Gasteiger partial charge in [-0.25, -0.2) is 14.0 Å². The summed E-state index contributed by atoms with van der Waals surface area (Å²) in [7, 11) is 0. The number of carbonyl (C=O) groups excluding carboxylic acids is 1. The van der Waals surface area contributed by atoms with Crippen LogP contribution >= 0.6 is 15.9 Å². The van der Waals surface area contributed by atoms with E-state index < -0.39 is 17.9 Å². The van der Waals surface area contributed by atoms with Crippen LogP contribution in [0.4, 0.5) is 14.9 Å². The summed E-state index contributed by atoms with van der Waals surface area (Å²) in [6.07, 6.45) is -0.835. The summed E-state index contributed by atoms with van der Waals surface area (Å²) in [4.78, 5) is 22.9. The van der Waals surface area contributed by atoms with E-state index in [1.165, 1.54) is 0 Å². The third-order valence-electron chi connectivity index (χ3n) is 2.73. The Balaban J connectivity index is 2.10. The van der Waals surface area contributed by atoms with Gasteiger partial charge >= 0.3 is 12.1 Å². The average Bonchev–Trinajstić information content (AvgIpc) is 2.48. The summed E-state index contributed by atoms with van der Waals surface area (Å²) < 4.78 is 18.3. The fraction of sp³-hybridized carbons (Fsp3) is 0.0667. The van der Waals surface area contributed by atoms with Gasteiger partial charge in [-0.2, -0.15) is 0 Å². The Bertz CT molecular complexity index is 706. The molecule has 0 spiro atoms. The molecule has 0 bridgehead atoms. The van der Waals surface area contributed by atoms with Crippen molar-refractivity contribution < 1.29 is 23.8 Å². The molecule has 0 radical (unpaired) electrons. The normalized spacial score (nSPS) is 10.1. The second kappa shape index (κ2) is 7.04. The molecule has 1 amide bonds. The topological polar surface area (TPSA) is 75.6 Å². The van der Waals surface area contributed by atoms with Crippen LogP contribution in [0.15, 0.2) is 46.9 Å². The van der Waals surface area contributed by atoms with Crippen molar-refractivity contribution in [3.8, 4) is 0 Å². The van der Waals surface area contributed by atoms with Gasteiger partial charge in [0.05, 0.1) is 11.3 Å². The minimum atomic E-state index is -1.36. The van der Waals surface area contributed by atoms with Crippen molar-refractivity contribution in [2.45, 2.75) is 6.61 Å². The van der Waals surface area contributed by atoms with E-state index in [1.54, 1.807) is 24.3 Å². The van der Waals surface area contributed by atoms with Crippen molar-refractivity contribution >= 4 is 33.7 Å². The molecule has 22 heavy (non-hydrogen) atoms. The number of rotatable bonds is 4. The van der Waals surface area contributed by atoms with Gasteiger partial charge in [-0.1, -0.05) is 30.3 Å². The lowest BCUT2D eigenvalue weighted by Gasteiger charge is -2.11. The third-order valence-corrected chi connectivity index (χ3v) is 3.35. The number of carboxylic acids is 1. The second-order valence-corrected chi connectivity index (χ2v) is 5.16. The van der Waals surface area contributed by atoms with Gasteiger partial charge < -0.3 is 9.84 Å². The fourth-order valence-electron chi connectivity index (χ4n) is 1.73. The Labute approximate surface area is 133 Å². The van der Waals surface area contributed by atoms with Gasteiger partial charge in [0.25, 0.3) is 0 Å². The Morgan fingerprint density at radius 1 is 1.23 bits per heavy atom. The highest BCUT2D eigenvalue weighted by molar-refractivity contribution is 9.10. The van der Waals surface area contributed by atoms with E-state index in [2.05, 4.69) is 21.2 Å². The number of hydrogen-bond acceptors (Lipinski definition) is 3. The number of hydrogen-bond donors (Lipinski definition) is 2. The summed E-state index contributed by atoms with van der Waals surface area (Å²) in [6.45, 7) is 0.0356. The predicted octanol–water partition coefficient (Wildman–Crippen LogP) is 4.04. The van der Waals surface area contributed by atoms with Crippen LogP contribution < -0.4 is 5.32 Å². The lowest BCUT2D eigenvalue weighted by atomic mass is 10.1. The number of aromatic carboxylic acids is 1. The standard InChI is InChI=1S/C15H11BrFNO4/c16-12-7-10(17)6-11(14(19)20)13(12)18-15(21)22-8-9-4-2-1-3-5-9/h1-7H,8H2,(H,18,21)(H,19,20). The first kappa shape index (κ1) is 16.0. The lowest BCUT2D eigenvalue weighted by molar-refractivity contribution is 0.0697. The molecule has 5 nitrogen and oxygen atoms in total. The first-order valence-electron chi connectivity index (χ1n) is 6.17. The lowest BCUT2D eigenvalue weighted by Crippen LogP contribution is -2.16. The molecule has 0 unspecified atom stereocenters. The average molecular weight is 368 g/mol. The van der Waals surface area contributed by atoms with Crippen molar-refractivity contribution in [3.05, 3.63) is 63.9 Å². The van der Waals surface area contributed by atoms with Gasteiger partial charge in [0.2, 0.25) is 0 Å². The first-order chi connectivity index (χ1) is 10.5. The molecular formula is C15H11BrFNO4. The highest BCUT2D eigenvalue weighted by Gasteiger charge is 2.18. The minimum Gasteiger partial charge on any atom is -0.478 e. The number of benzene rings is 2. The number of carbonyl (C=O) groups is 2. The molecule has 2 rings (SSSR count). The van der Waals surface area contributed by atoms with Crippen molar-refractivity contribution in [2.24, 2.45) is 0 Å². The van der Waals surface area contributed by atoms with Crippen molar-refractivity contribution in [1.82, 2.24) is 0 Å². The maximum atomic E-state index is 13.2. The predicted molar refractivity (Wildman–Crippen MR) is 81.3 cm³/mol. The molecule has 0 saturated carbocycles. The maximum Gasteiger partial charge on any atom is 0.412 e. The molecule has 0 saturated heterocycles. The van der Waals surface area contributed by atoms with Gasteiger partial charge in [0, 0.05) is 4.47 Å². The van der Waals surface area contributed by atoms with Gasteiger partial charge in [0.15, 0.2) is 0 Å². The van der Waals surface area contributed by atoms with Crippen LogP contribution in [0.3, 0.4) is 0 Å². The minimum absolute atomic E-state index is 0.0356. The van der Waals surface area contributed by atoms with E-state index in [-0.39, 0.29) is 22.3 Å². The van der Waals surface area contributed by atoms with Crippen LogP contribution in [0, 0.1) is 5.82 Å². The van der Waals surface area contributed by atoms with Crippen LogP contribution in [0.1, 0.15) is 15.9 Å². The monoisotopic (exact) mass is 367 g/mol. The molecule has 7 heteroatoms. The molecule has 2 aromatic rings. The molecule has 0 heterocycles. The zero-order valence-electron chi connectivity index (χ0n) is 11.2. The molecule has 0 aromatic heterocycles. The molecule has 0 aliphatic heterocycles. The van der Waals surface area contributed by atoms with Gasteiger partial charge in [-0.05, 0) is 33.6 Å². The van der Waals surface area contributed by atoms with Crippen LogP contribution in [0.25, 0.3) is 0 Å². The van der Waals surface area contributed by atoms with Crippen molar-refractivity contribution in [1.29, 1.82) is 0 Å². The molecule has 2 N–H and O–H groups in total. The summed E-state index contributed by atoms with van der Waals surface area (Å²) >= 11 is 3.02. The quantitative estimate of drug-likeness (QED) is 0.854. The summed E-state index contributed by atoms with van der Waals surface area (Å²) in [5, 5.41) is 11.4. The number of nitrogens with one attached hydrogen (secondary N) is 1. The molecular weight excluding hydrogens is 357 g/mol. The van der Waals surface area contributed by atoms with Crippen LogP contribution in [-0.2, 0) is 11.3 Å². The molecule has 0 fully saturated rings. The zero-order valence-corrected chi connectivity index (χ0v) is 12.8. The van der Waals surface area contributed by atoms with Gasteiger partial charge in [0.1, 0.15) is 12.4 Å². The first-order valence-corrected chi connectivity index (χ1v) is 6.96. The second-order valence-electron chi connectivity index (χ2n) is 4.30. The number of ether oxygens (including phenoxy) is 1. The largest absolute Gasteiger partial charge is 0.478 e. The molecule has 0 atom stereocenters. The number of carboxylic acid groups (broad SMARTS) is 1. The number of amides is 1. The van der Waals surface area contributed by atoms with Crippen LogP contribution in [-0.4, -0.2) is 17.2 Å².